The van der Waals surface area contributed by atoms with Gasteiger partial charge in [-0.1, -0.05) is 24.7 Å². The van der Waals surface area contributed by atoms with E-state index in [1.54, 1.807) is 4.31 Å². The first kappa shape index (κ1) is 22.1. The van der Waals surface area contributed by atoms with Gasteiger partial charge < -0.3 is 14.0 Å². The van der Waals surface area contributed by atoms with Gasteiger partial charge >= 0.3 is 0 Å². The van der Waals surface area contributed by atoms with E-state index in [-0.39, 0.29) is 17.7 Å². The monoisotopic (exact) mass is 487 g/mol. The fourth-order valence-electron chi connectivity index (χ4n) is 4.38. The van der Waals surface area contributed by atoms with Crippen LogP contribution in [0.2, 0.25) is 0 Å². The van der Waals surface area contributed by atoms with Crippen LogP contribution in [0.25, 0.3) is 10.2 Å². The van der Waals surface area contributed by atoms with Crippen LogP contribution < -0.4 is 14.3 Å². The maximum Gasteiger partial charge on any atom is 0.279 e. The highest BCUT2D eigenvalue weighted by molar-refractivity contribution is 7.89. The number of carbonyl (C=O) groups is 1. The zero-order valence-electron chi connectivity index (χ0n) is 18.5. The second kappa shape index (κ2) is 8.58. The number of carbonyl (C=O) groups excluding carboxylic acids is 1. The molecule has 174 valence electrons. The Kier molecular flexibility index (Phi) is 5.75. The number of thiazole rings is 1. The molecule has 3 aromatic rings. The third-order valence-corrected chi connectivity index (χ3v) is 9.31. The van der Waals surface area contributed by atoms with Crippen molar-refractivity contribution in [1.82, 2.24) is 8.87 Å². The molecule has 5 rings (SSSR count). The van der Waals surface area contributed by atoms with Crippen molar-refractivity contribution >= 4 is 37.5 Å². The lowest BCUT2D eigenvalue weighted by Crippen LogP contribution is -2.43. The van der Waals surface area contributed by atoms with Gasteiger partial charge in [0.1, 0.15) is 0 Å². The molecule has 10 heteroatoms. The lowest BCUT2D eigenvalue weighted by atomic mass is 10.0. The first-order valence-corrected chi connectivity index (χ1v) is 13.2. The Balaban J connectivity index is 1.42. The third kappa shape index (κ3) is 3.96. The number of fused-ring (bicyclic) bond motifs is 2. The summed E-state index contributed by atoms with van der Waals surface area (Å²) in [5.41, 5.74) is 1.23. The van der Waals surface area contributed by atoms with Crippen LogP contribution in [0.15, 0.2) is 46.3 Å². The second-order valence-corrected chi connectivity index (χ2v) is 11.1. The number of rotatable bonds is 4. The van der Waals surface area contributed by atoms with Crippen LogP contribution in [0.5, 0.6) is 11.5 Å². The van der Waals surface area contributed by atoms with Crippen molar-refractivity contribution in [1.29, 1.82) is 0 Å². The molecule has 0 radical (unpaired) electrons. The van der Waals surface area contributed by atoms with Crippen molar-refractivity contribution in [2.45, 2.75) is 43.5 Å². The minimum Gasteiger partial charge on any atom is -0.454 e. The number of hydrogen-bond acceptors (Lipinski definition) is 6. The predicted octanol–water partition coefficient (Wildman–Crippen LogP) is 3.66. The van der Waals surface area contributed by atoms with Crippen LogP contribution in [-0.2, 0) is 17.1 Å². The molecule has 2 aliphatic heterocycles. The van der Waals surface area contributed by atoms with Crippen molar-refractivity contribution in [3.63, 3.8) is 0 Å². The van der Waals surface area contributed by atoms with Gasteiger partial charge in [0.05, 0.1) is 15.1 Å². The van der Waals surface area contributed by atoms with Gasteiger partial charge in [-0.05, 0) is 43.5 Å². The lowest BCUT2D eigenvalue weighted by molar-refractivity contribution is 0.0998. The molecule has 0 bridgehead atoms. The van der Waals surface area contributed by atoms with E-state index in [1.165, 1.54) is 35.6 Å². The third-order valence-electron chi connectivity index (χ3n) is 6.25. The van der Waals surface area contributed by atoms with Gasteiger partial charge in [-0.2, -0.15) is 9.30 Å². The number of nitrogens with zero attached hydrogens (tertiary/aromatic N) is 3. The van der Waals surface area contributed by atoms with Crippen LogP contribution in [0.3, 0.4) is 0 Å². The SMILES string of the molecule is CCC1CCCCN1S(=O)(=O)c1ccc(C(=O)N=c2sc3cc4c(cc3n2C)OCO4)cc1. The lowest BCUT2D eigenvalue weighted by Gasteiger charge is -2.34. The van der Waals surface area contributed by atoms with Crippen molar-refractivity contribution in [2.75, 3.05) is 13.3 Å². The molecular formula is C23H25N3O5S2. The number of sulfonamides is 1. The molecule has 0 saturated carbocycles. The molecule has 33 heavy (non-hydrogen) atoms. The molecule has 1 fully saturated rings. The minimum absolute atomic E-state index is 0.0326. The molecule has 1 aromatic heterocycles. The van der Waals surface area contributed by atoms with E-state index in [9.17, 15) is 13.2 Å². The van der Waals surface area contributed by atoms with Gasteiger partial charge in [0.15, 0.2) is 16.3 Å². The molecule has 2 aliphatic rings. The first-order valence-electron chi connectivity index (χ1n) is 11.0. The quantitative estimate of drug-likeness (QED) is 0.560. The number of ether oxygens (including phenoxy) is 2. The fourth-order valence-corrected chi connectivity index (χ4v) is 7.17. The molecule has 2 aromatic carbocycles. The molecule has 1 saturated heterocycles. The average molecular weight is 488 g/mol. The maximum atomic E-state index is 13.2. The number of aromatic nitrogens is 1. The standard InChI is InChI=1S/C23H25N3O5S2/c1-3-16-6-4-5-11-26(16)33(28,29)17-9-7-15(8-10-17)22(27)24-23-25(2)18-12-19-20(31-14-30-19)13-21(18)32-23/h7-10,12-13,16H,3-6,11,14H2,1-2H3. The zero-order chi connectivity index (χ0) is 23.2. The van der Waals surface area contributed by atoms with Crippen molar-refractivity contribution in [3.8, 4) is 11.5 Å². The van der Waals surface area contributed by atoms with E-state index in [0.717, 1.165) is 35.9 Å². The van der Waals surface area contributed by atoms with Crippen molar-refractivity contribution in [3.05, 3.63) is 46.8 Å². The minimum atomic E-state index is -3.59. The summed E-state index contributed by atoms with van der Waals surface area (Å²) < 4.78 is 41.5. The number of benzene rings is 2. The van der Waals surface area contributed by atoms with E-state index in [1.807, 2.05) is 30.7 Å². The fraction of sp³-hybridized carbons (Fsp3) is 0.391. The molecule has 0 spiro atoms. The molecule has 0 aliphatic carbocycles. The maximum absolute atomic E-state index is 13.2. The summed E-state index contributed by atoms with van der Waals surface area (Å²) in [6, 6.07) is 9.87. The summed E-state index contributed by atoms with van der Waals surface area (Å²) in [5.74, 6) is 0.924. The van der Waals surface area contributed by atoms with E-state index >= 15 is 0 Å². The highest BCUT2D eigenvalue weighted by atomic mass is 32.2. The van der Waals surface area contributed by atoms with Crippen LogP contribution in [0, 0.1) is 0 Å². The first-order chi connectivity index (χ1) is 15.9. The van der Waals surface area contributed by atoms with E-state index in [4.69, 9.17) is 9.47 Å². The molecule has 3 heterocycles. The molecule has 1 amide bonds. The number of aryl methyl sites for hydroxylation is 1. The van der Waals surface area contributed by atoms with E-state index in [0.29, 0.717) is 28.4 Å². The summed E-state index contributed by atoms with van der Waals surface area (Å²) >= 11 is 1.38. The molecule has 1 unspecified atom stereocenters. The van der Waals surface area contributed by atoms with Crippen LogP contribution in [-0.4, -0.2) is 42.6 Å². The van der Waals surface area contributed by atoms with Gasteiger partial charge in [-0.3, -0.25) is 4.79 Å². The summed E-state index contributed by atoms with van der Waals surface area (Å²) in [5, 5.41) is 0. The normalized spacial score (nSPS) is 19.3. The Hall–Kier alpha value is -2.69. The number of piperidine rings is 1. The van der Waals surface area contributed by atoms with Crippen LogP contribution in [0.4, 0.5) is 0 Å². The van der Waals surface area contributed by atoms with Crippen LogP contribution >= 0.6 is 11.3 Å². The zero-order valence-corrected chi connectivity index (χ0v) is 20.1. The van der Waals surface area contributed by atoms with Gasteiger partial charge in [-0.25, -0.2) is 8.42 Å². The highest BCUT2D eigenvalue weighted by Gasteiger charge is 2.32. The summed E-state index contributed by atoms with van der Waals surface area (Å²) in [6.07, 6.45) is 3.61. The predicted molar refractivity (Wildman–Crippen MR) is 125 cm³/mol. The molecular weight excluding hydrogens is 462 g/mol. The second-order valence-electron chi connectivity index (χ2n) is 8.23. The molecule has 8 nitrogen and oxygen atoms in total. The van der Waals surface area contributed by atoms with E-state index in [2.05, 4.69) is 4.99 Å². The largest absolute Gasteiger partial charge is 0.454 e. The van der Waals surface area contributed by atoms with Crippen molar-refractivity contribution in [2.24, 2.45) is 12.0 Å². The van der Waals surface area contributed by atoms with Gasteiger partial charge in [0.2, 0.25) is 16.8 Å². The Bertz CT molecular complexity index is 1390. The van der Waals surface area contributed by atoms with E-state index < -0.39 is 15.9 Å². The Morgan fingerprint density at radius 3 is 2.61 bits per heavy atom. The number of hydrogen-bond donors (Lipinski definition) is 0. The smallest absolute Gasteiger partial charge is 0.279 e. The van der Waals surface area contributed by atoms with Crippen LogP contribution in [0.1, 0.15) is 43.0 Å². The Labute approximate surface area is 196 Å². The topological polar surface area (TPSA) is 90.2 Å². The van der Waals surface area contributed by atoms with Gasteiger partial charge in [0, 0.05) is 37.3 Å². The summed E-state index contributed by atoms with van der Waals surface area (Å²) in [7, 11) is -1.75. The Morgan fingerprint density at radius 1 is 1.15 bits per heavy atom. The highest BCUT2D eigenvalue weighted by Crippen LogP contribution is 2.36. The Morgan fingerprint density at radius 2 is 1.88 bits per heavy atom. The average Bonchev–Trinajstić information content (AvgIpc) is 3.41. The number of amides is 1. The molecule has 0 N–H and O–H groups in total. The van der Waals surface area contributed by atoms with Gasteiger partial charge in [0.25, 0.3) is 5.91 Å². The van der Waals surface area contributed by atoms with Crippen molar-refractivity contribution < 1.29 is 22.7 Å². The summed E-state index contributed by atoms with van der Waals surface area (Å²) in [6.45, 7) is 2.76. The summed E-state index contributed by atoms with van der Waals surface area (Å²) in [4.78, 5) is 17.8. The molecule has 1 atom stereocenters. The van der Waals surface area contributed by atoms with Gasteiger partial charge in [-0.15, -0.1) is 0 Å².